The van der Waals surface area contributed by atoms with Gasteiger partial charge in [0.2, 0.25) is 11.8 Å². The van der Waals surface area contributed by atoms with Crippen molar-refractivity contribution >= 4 is 11.8 Å². The zero-order valence-electron chi connectivity index (χ0n) is 11.3. The number of carbonyl (C=O) groups excluding carboxylic acids is 2. The van der Waals surface area contributed by atoms with Crippen LogP contribution in [0.3, 0.4) is 0 Å². The summed E-state index contributed by atoms with van der Waals surface area (Å²) in [6.07, 6.45) is 0.314. The van der Waals surface area contributed by atoms with Gasteiger partial charge in [0.1, 0.15) is 5.75 Å². The van der Waals surface area contributed by atoms with Gasteiger partial charge in [-0.05, 0) is 17.7 Å². The van der Waals surface area contributed by atoms with Gasteiger partial charge in [0.25, 0.3) is 0 Å². The van der Waals surface area contributed by atoms with Crippen molar-refractivity contribution < 1.29 is 19.1 Å². The zero-order valence-corrected chi connectivity index (χ0v) is 11.3. The van der Waals surface area contributed by atoms with E-state index in [0.717, 1.165) is 5.56 Å². The Balaban J connectivity index is 1.96. The Morgan fingerprint density at radius 2 is 2.20 bits per heavy atom. The number of hydrogen-bond donors (Lipinski definition) is 2. The van der Waals surface area contributed by atoms with Crippen LogP contribution >= 0.6 is 0 Å². The second kappa shape index (κ2) is 5.92. The van der Waals surface area contributed by atoms with Crippen molar-refractivity contribution in [1.29, 1.82) is 0 Å². The van der Waals surface area contributed by atoms with Crippen LogP contribution in [-0.2, 0) is 20.7 Å². The maximum absolute atomic E-state index is 12.0. The quantitative estimate of drug-likeness (QED) is 0.766. The van der Waals surface area contributed by atoms with E-state index in [9.17, 15) is 9.59 Å². The molecule has 6 heteroatoms. The summed E-state index contributed by atoms with van der Waals surface area (Å²) >= 11 is 0. The summed E-state index contributed by atoms with van der Waals surface area (Å²) in [6.45, 7) is 0.638. The third-order valence-corrected chi connectivity index (χ3v) is 3.17. The van der Waals surface area contributed by atoms with Crippen LogP contribution in [-0.4, -0.2) is 37.7 Å². The molecule has 0 saturated carbocycles. The normalized spacial score (nSPS) is 16.1. The molecule has 1 aromatic carbocycles. The van der Waals surface area contributed by atoms with Crippen LogP contribution in [0.25, 0.3) is 0 Å². The highest BCUT2D eigenvalue weighted by molar-refractivity contribution is 5.82. The van der Waals surface area contributed by atoms with Gasteiger partial charge in [-0.1, -0.05) is 12.1 Å². The zero-order chi connectivity index (χ0) is 14.6. The van der Waals surface area contributed by atoms with Gasteiger partial charge >= 0.3 is 0 Å². The summed E-state index contributed by atoms with van der Waals surface area (Å²) in [7, 11) is 1.58. The van der Waals surface area contributed by atoms with E-state index in [1.807, 2.05) is 18.2 Å². The van der Waals surface area contributed by atoms with Gasteiger partial charge in [0.15, 0.2) is 0 Å². The Morgan fingerprint density at radius 1 is 1.45 bits per heavy atom. The Bertz CT molecular complexity index is 512. The summed E-state index contributed by atoms with van der Waals surface area (Å²) in [4.78, 5) is 23.1. The Hall–Kier alpha value is -2.08. The molecule has 0 aromatic heterocycles. The summed E-state index contributed by atoms with van der Waals surface area (Å²) in [5.41, 5.74) is 5.40. The number of primary amides is 1. The van der Waals surface area contributed by atoms with Crippen molar-refractivity contribution in [2.75, 3.05) is 20.3 Å². The minimum atomic E-state index is -0.637. The first-order valence-electron chi connectivity index (χ1n) is 6.33. The molecule has 6 nitrogen and oxygen atoms in total. The lowest BCUT2D eigenvalue weighted by molar-refractivity contribution is -0.137. The smallest absolute Gasteiger partial charge is 0.225 e. The molecular formula is C14H18N2O4. The Morgan fingerprint density at radius 3 is 2.75 bits per heavy atom. The minimum absolute atomic E-state index is 0.0941. The monoisotopic (exact) mass is 278 g/mol. The molecule has 1 aromatic rings. The van der Waals surface area contributed by atoms with E-state index in [2.05, 4.69) is 5.32 Å². The molecule has 1 aliphatic heterocycles. The van der Waals surface area contributed by atoms with Gasteiger partial charge in [0, 0.05) is 0 Å². The fraction of sp³-hybridized carbons (Fsp3) is 0.429. The number of amides is 2. The molecule has 0 atom stereocenters. The largest absolute Gasteiger partial charge is 0.497 e. The van der Waals surface area contributed by atoms with Gasteiger partial charge in [-0.2, -0.15) is 0 Å². The number of carbonyl (C=O) groups is 2. The predicted octanol–water partition coefficient (Wildman–Crippen LogP) is -0.00170. The van der Waals surface area contributed by atoms with Gasteiger partial charge in [-0.3, -0.25) is 9.59 Å². The molecule has 3 N–H and O–H groups in total. The van der Waals surface area contributed by atoms with Crippen LogP contribution in [0.5, 0.6) is 5.75 Å². The van der Waals surface area contributed by atoms with Crippen LogP contribution < -0.4 is 15.8 Å². The molecule has 0 bridgehead atoms. The van der Waals surface area contributed by atoms with Crippen molar-refractivity contribution in [3.63, 3.8) is 0 Å². The average Bonchev–Trinajstić information content (AvgIpc) is 2.35. The van der Waals surface area contributed by atoms with Crippen LogP contribution in [0, 0.1) is 0 Å². The number of hydrogen-bond acceptors (Lipinski definition) is 4. The molecule has 1 heterocycles. The molecule has 0 spiro atoms. The van der Waals surface area contributed by atoms with E-state index >= 15 is 0 Å². The van der Waals surface area contributed by atoms with Crippen molar-refractivity contribution in [2.45, 2.75) is 18.4 Å². The number of rotatable bonds is 6. The fourth-order valence-corrected chi connectivity index (χ4v) is 2.21. The number of benzene rings is 1. The number of ether oxygens (including phenoxy) is 2. The second-order valence-corrected chi connectivity index (χ2v) is 4.99. The van der Waals surface area contributed by atoms with Crippen LogP contribution in [0.1, 0.15) is 12.0 Å². The van der Waals surface area contributed by atoms with Gasteiger partial charge in [0.05, 0.1) is 38.7 Å². The highest BCUT2D eigenvalue weighted by Gasteiger charge is 2.41. The lowest BCUT2D eigenvalue weighted by Crippen LogP contribution is -2.63. The van der Waals surface area contributed by atoms with E-state index in [4.69, 9.17) is 15.2 Å². The number of nitrogens with one attached hydrogen (secondary N) is 1. The van der Waals surface area contributed by atoms with Gasteiger partial charge < -0.3 is 20.5 Å². The SMILES string of the molecule is COc1cccc(CC(=O)NC2(CC(N)=O)COC2)c1. The Labute approximate surface area is 117 Å². The summed E-state index contributed by atoms with van der Waals surface area (Å²) in [5.74, 6) is 0.0897. The van der Waals surface area contributed by atoms with E-state index in [1.165, 1.54) is 0 Å². The van der Waals surface area contributed by atoms with Gasteiger partial charge in [-0.25, -0.2) is 0 Å². The van der Waals surface area contributed by atoms with E-state index in [1.54, 1.807) is 13.2 Å². The standard InChI is InChI=1S/C14H18N2O4/c1-19-11-4-2-3-10(5-11)6-13(18)16-14(7-12(15)17)8-20-9-14/h2-5H,6-9H2,1H3,(H2,15,17)(H,16,18). The van der Waals surface area contributed by atoms with E-state index in [-0.39, 0.29) is 18.7 Å². The third kappa shape index (κ3) is 3.48. The molecule has 20 heavy (non-hydrogen) atoms. The molecule has 0 radical (unpaired) electrons. The topological polar surface area (TPSA) is 90.6 Å². The predicted molar refractivity (Wildman–Crippen MR) is 72.2 cm³/mol. The summed E-state index contributed by atoms with van der Waals surface area (Å²) in [5, 5.41) is 2.84. The fourth-order valence-electron chi connectivity index (χ4n) is 2.21. The summed E-state index contributed by atoms with van der Waals surface area (Å²) in [6, 6.07) is 7.29. The molecule has 0 unspecified atom stereocenters. The highest BCUT2D eigenvalue weighted by atomic mass is 16.5. The van der Waals surface area contributed by atoms with Gasteiger partial charge in [-0.15, -0.1) is 0 Å². The minimum Gasteiger partial charge on any atom is -0.497 e. The van der Waals surface area contributed by atoms with Crippen molar-refractivity contribution in [1.82, 2.24) is 5.32 Å². The van der Waals surface area contributed by atoms with Crippen molar-refractivity contribution in [3.05, 3.63) is 29.8 Å². The molecule has 2 amide bonds. The molecule has 2 rings (SSSR count). The Kier molecular flexibility index (Phi) is 4.24. The molecule has 0 aliphatic carbocycles. The maximum Gasteiger partial charge on any atom is 0.225 e. The lowest BCUT2D eigenvalue weighted by atomic mass is 9.92. The van der Waals surface area contributed by atoms with Crippen LogP contribution in [0.2, 0.25) is 0 Å². The molecule has 1 saturated heterocycles. The van der Waals surface area contributed by atoms with Crippen LogP contribution in [0.15, 0.2) is 24.3 Å². The third-order valence-electron chi connectivity index (χ3n) is 3.17. The highest BCUT2D eigenvalue weighted by Crippen LogP contribution is 2.21. The van der Waals surface area contributed by atoms with E-state index < -0.39 is 11.4 Å². The number of methoxy groups -OCH3 is 1. The molecule has 1 aliphatic rings. The second-order valence-electron chi connectivity index (χ2n) is 4.99. The first-order chi connectivity index (χ1) is 9.53. The van der Waals surface area contributed by atoms with Crippen LogP contribution in [0.4, 0.5) is 0 Å². The lowest BCUT2D eigenvalue weighted by Gasteiger charge is -2.41. The molecule has 1 fully saturated rings. The molecular weight excluding hydrogens is 260 g/mol. The van der Waals surface area contributed by atoms with E-state index in [0.29, 0.717) is 19.0 Å². The maximum atomic E-state index is 12.0. The molecule has 108 valence electrons. The number of nitrogens with two attached hydrogens (primary N) is 1. The average molecular weight is 278 g/mol. The van der Waals surface area contributed by atoms with Crippen molar-refractivity contribution in [2.24, 2.45) is 5.73 Å². The first kappa shape index (κ1) is 14.3. The van der Waals surface area contributed by atoms with Crippen molar-refractivity contribution in [3.8, 4) is 5.75 Å². The summed E-state index contributed by atoms with van der Waals surface area (Å²) < 4.78 is 10.2. The first-order valence-corrected chi connectivity index (χ1v) is 6.33.